The molecule has 0 aliphatic rings. The summed E-state index contributed by atoms with van der Waals surface area (Å²) in [6.45, 7) is 12.9. The Morgan fingerprint density at radius 1 is 1.03 bits per heavy atom. The van der Waals surface area contributed by atoms with E-state index in [1.54, 1.807) is 19.1 Å². The predicted molar refractivity (Wildman–Crippen MR) is 146 cm³/mol. The molecule has 3 aromatic rings. The van der Waals surface area contributed by atoms with Crippen LogP contribution in [0, 0.1) is 24.2 Å². The lowest BCUT2D eigenvalue weighted by atomic mass is 9.86. The average molecular weight is 505 g/mol. The van der Waals surface area contributed by atoms with Gasteiger partial charge in [0.2, 0.25) is 0 Å². The molecule has 4 nitrogen and oxygen atoms in total. The maximum absolute atomic E-state index is 12.5. The molecule has 0 bridgehead atoms. The number of benzene rings is 3. The fourth-order valence-corrected chi connectivity index (χ4v) is 4.52. The average Bonchev–Trinajstić information content (AvgIpc) is 2.74. The third-order valence-electron chi connectivity index (χ3n) is 5.72. The van der Waals surface area contributed by atoms with E-state index >= 15 is 0 Å². The predicted octanol–water partition coefficient (Wildman–Crippen LogP) is 7.77. The number of fused-ring (bicyclic) bond motifs is 1. The molecular formula is C31H33ClO4. The Kier molecular flexibility index (Phi) is 7.98. The molecule has 0 saturated carbocycles. The van der Waals surface area contributed by atoms with Crippen LogP contribution in [0.2, 0.25) is 5.02 Å². The molecule has 1 atom stereocenters. The fourth-order valence-electron chi connectivity index (χ4n) is 4.39. The van der Waals surface area contributed by atoms with Crippen molar-refractivity contribution >= 4 is 34.1 Å². The van der Waals surface area contributed by atoms with Gasteiger partial charge >= 0.3 is 5.97 Å². The van der Waals surface area contributed by atoms with E-state index in [4.69, 9.17) is 16.3 Å². The van der Waals surface area contributed by atoms with Crippen molar-refractivity contribution in [2.45, 2.75) is 66.6 Å². The lowest BCUT2D eigenvalue weighted by Crippen LogP contribution is -2.28. The Hall–Kier alpha value is -3.13. The number of carbonyl (C=O) groups is 2. The van der Waals surface area contributed by atoms with Crippen molar-refractivity contribution in [3.8, 4) is 23.0 Å². The molecule has 0 saturated heterocycles. The molecule has 36 heavy (non-hydrogen) atoms. The van der Waals surface area contributed by atoms with Gasteiger partial charge < -0.3 is 9.84 Å². The van der Waals surface area contributed by atoms with Crippen molar-refractivity contribution in [2.75, 3.05) is 0 Å². The van der Waals surface area contributed by atoms with Gasteiger partial charge in [-0.1, -0.05) is 47.7 Å². The number of ether oxygens (including phenoxy) is 1. The summed E-state index contributed by atoms with van der Waals surface area (Å²) in [6.07, 6.45) is -0.790. The van der Waals surface area contributed by atoms with Gasteiger partial charge in [0, 0.05) is 28.0 Å². The molecule has 0 fully saturated rings. The lowest BCUT2D eigenvalue weighted by molar-refractivity contribution is -0.160. The number of aryl methyl sites for hydroxylation is 1. The molecule has 0 amide bonds. The first-order chi connectivity index (χ1) is 16.7. The Morgan fingerprint density at radius 3 is 2.22 bits per heavy atom. The van der Waals surface area contributed by atoms with Crippen molar-refractivity contribution in [3.63, 3.8) is 0 Å². The monoisotopic (exact) mass is 504 g/mol. The minimum Gasteiger partial charge on any atom is -0.479 e. The number of halogens is 1. The number of carboxylic acid groups (broad SMARTS) is 1. The molecule has 3 rings (SSSR count). The fraction of sp³-hybridized carbons (Fsp3) is 0.355. The van der Waals surface area contributed by atoms with Crippen molar-refractivity contribution in [1.29, 1.82) is 0 Å². The summed E-state index contributed by atoms with van der Waals surface area (Å²) < 4.78 is 6.07. The van der Waals surface area contributed by atoms with Crippen molar-refractivity contribution in [3.05, 3.63) is 70.2 Å². The molecule has 0 aromatic heterocycles. The zero-order valence-corrected chi connectivity index (χ0v) is 22.7. The highest BCUT2D eigenvalue weighted by Crippen LogP contribution is 2.41. The summed E-state index contributed by atoms with van der Waals surface area (Å²) in [5.74, 6) is 5.50. The maximum Gasteiger partial charge on any atom is 0.337 e. The molecule has 0 aliphatic carbocycles. The molecule has 0 heterocycles. The van der Waals surface area contributed by atoms with Gasteiger partial charge in [-0.3, -0.25) is 4.79 Å². The first-order valence-electron chi connectivity index (χ1n) is 11.9. The molecule has 0 spiro atoms. The molecule has 188 valence electrons. The van der Waals surface area contributed by atoms with E-state index in [-0.39, 0.29) is 5.78 Å². The summed E-state index contributed by atoms with van der Waals surface area (Å²) in [5, 5.41) is 12.6. The van der Waals surface area contributed by atoms with E-state index in [1.165, 1.54) is 0 Å². The summed E-state index contributed by atoms with van der Waals surface area (Å²) in [6, 6.07) is 15.3. The van der Waals surface area contributed by atoms with Gasteiger partial charge in [-0.15, -0.1) is 0 Å². The van der Waals surface area contributed by atoms with E-state index in [0.717, 1.165) is 33.0 Å². The van der Waals surface area contributed by atoms with Gasteiger partial charge in [-0.2, -0.15) is 0 Å². The number of aliphatic carboxylic acids is 1. The van der Waals surface area contributed by atoms with Crippen molar-refractivity contribution < 1.29 is 19.4 Å². The number of hydrogen-bond donors (Lipinski definition) is 1. The smallest absolute Gasteiger partial charge is 0.337 e. The van der Waals surface area contributed by atoms with Gasteiger partial charge in [0.25, 0.3) is 0 Å². The number of Topliss-reactive ketones (excluding diaryl/α,β-unsaturated/α-hetero) is 1. The Labute approximate surface area is 218 Å². The van der Waals surface area contributed by atoms with Crippen LogP contribution >= 0.6 is 11.6 Å². The second-order valence-electron chi connectivity index (χ2n) is 10.9. The number of hydrogen-bond acceptors (Lipinski definition) is 3. The summed E-state index contributed by atoms with van der Waals surface area (Å²) in [4.78, 5) is 24.1. The quantitative estimate of drug-likeness (QED) is 0.348. The Balaban J connectivity index is 2.33. The Morgan fingerprint density at radius 2 is 1.67 bits per heavy atom. The van der Waals surface area contributed by atoms with Crippen LogP contribution in [0.4, 0.5) is 0 Å². The number of carbonyl (C=O) groups excluding carboxylic acids is 1. The van der Waals surface area contributed by atoms with Gasteiger partial charge in [-0.05, 0) is 100 Å². The standard InChI is InChI=1S/C31H33ClO4/c1-19-16-23-9-8-21(14-15-31(6,7)18-20(2)33)17-25(23)27(22-10-12-24(32)13-11-22)26(19)28(29(34)35)36-30(3,4)5/h8-13,16-17,28H,18H2,1-7H3,(H,34,35). The van der Waals surface area contributed by atoms with Crippen LogP contribution in [0.5, 0.6) is 0 Å². The molecule has 1 N–H and O–H groups in total. The first-order valence-corrected chi connectivity index (χ1v) is 12.3. The van der Waals surface area contributed by atoms with E-state index in [9.17, 15) is 14.7 Å². The van der Waals surface area contributed by atoms with E-state index in [0.29, 0.717) is 17.0 Å². The molecule has 3 aromatic carbocycles. The highest BCUT2D eigenvalue weighted by atomic mass is 35.5. The van der Waals surface area contributed by atoms with E-state index in [2.05, 4.69) is 11.8 Å². The van der Waals surface area contributed by atoms with Crippen LogP contribution in [0.25, 0.3) is 21.9 Å². The summed E-state index contributed by atoms with van der Waals surface area (Å²) >= 11 is 6.17. The maximum atomic E-state index is 12.5. The second-order valence-corrected chi connectivity index (χ2v) is 11.3. The van der Waals surface area contributed by atoms with Crippen LogP contribution in [-0.2, 0) is 14.3 Å². The van der Waals surface area contributed by atoms with Crippen LogP contribution in [0.1, 0.15) is 70.8 Å². The minimum atomic E-state index is -1.16. The van der Waals surface area contributed by atoms with Crippen molar-refractivity contribution in [1.82, 2.24) is 0 Å². The van der Waals surface area contributed by atoms with E-state index in [1.807, 2.05) is 77.9 Å². The van der Waals surface area contributed by atoms with Crippen LogP contribution in [0.15, 0.2) is 48.5 Å². The first kappa shape index (κ1) is 27.5. The van der Waals surface area contributed by atoms with Crippen LogP contribution < -0.4 is 0 Å². The molecule has 0 aliphatic heterocycles. The SMILES string of the molecule is CC(=O)CC(C)(C)C#Cc1ccc2cc(C)c(C(OC(C)(C)C)C(=O)O)c(-c3ccc(Cl)cc3)c2c1. The zero-order valence-electron chi connectivity index (χ0n) is 22.0. The number of rotatable bonds is 6. The van der Waals surface area contributed by atoms with Gasteiger partial charge in [0.1, 0.15) is 5.78 Å². The van der Waals surface area contributed by atoms with Crippen LogP contribution in [-0.4, -0.2) is 22.5 Å². The molecular weight excluding hydrogens is 472 g/mol. The third kappa shape index (κ3) is 6.75. The zero-order chi connectivity index (χ0) is 26.8. The normalized spacial score (nSPS) is 12.7. The molecule has 0 radical (unpaired) electrons. The summed E-state index contributed by atoms with van der Waals surface area (Å²) in [5.41, 5.74) is 2.72. The highest BCUT2D eigenvalue weighted by molar-refractivity contribution is 6.30. The van der Waals surface area contributed by atoms with Gasteiger partial charge in [0.15, 0.2) is 6.10 Å². The van der Waals surface area contributed by atoms with Gasteiger partial charge in [0.05, 0.1) is 5.60 Å². The lowest BCUT2D eigenvalue weighted by Gasteiger charge is -2.28. The highest BCUT2D eigenvalue weighted by Gasteiger charge is 2.31. The third-order valence-corrected chi connectivity index (χ3v) is 5.97. The topological polar surface area (TPSA) is 63.6 Å². The van der Waals surface area contributed by atoms with Gasteiger partial charge in [-0.25, -0.2) is 4.79 Å². The number of carboxylic acids is 1. The molecule has 1 unspecified atom stereocenters. The summed E-state index contributed by atoms with van der Waals surface area (Å²) in [7, 11) is 0. The largest absolute Gasteiger partial charge is 0.479 e. The minimum absolute atomic E-state index is 0.0940. The van der Waals surface area contributed by atoms with Crippen LogP contribution in [0.3, 0.4) is 0 Å². The van der Waals surface area contributed by atoms with E-state index < -0.39 is 23.1 Å². The second kappa shape index (κ2) is 10.5. The Bertz CT molecular complexity index is 1370. The number of ketones is 1. The van der Waals surface area contributed by atoms with Crippen molar-refractivity contribution in [2.24, 2.45) is 5.41 Å². The molecule has 5 heteroatoms.